The SMILES string of the molecule is O=C(Oc1ccccc1)[Te]c1ccc(F)cc1. The Bertz CT molecular complexity index is 497. The molecule has 0 bridgehead atoms. The first-order chi connectivity index (χ1) is 8.24. The van der Waals surface area contributed by atoms with Crippen molar-refractivity contribution >= 4 is 28.6 Å². The van der Waals surface area contributed by atoms with E-state index in [0.717, 1.165) is 3.61 Å². The fourth-order valence-corrected chi connectivity index (χ4v) is 2.92. The molecule has 0 radical (unpaired) electrons. The molecule has 0 saturated carbocycles. The quantitative estimate of drug-likeness (QED) is 0.800. The predicted octanol–water partition coefficient (Wildman–Crippen LogP) is 2.35. The standard InChI is InChI=1S/C13H9FO2Te/c14-10-6-8-12(9-7-10)17-13(15)16-11-4-2-1-3-5-11/h1-9H. The second kappa shape index (κ2) is 5.81. The molecule has 4 heteroatoms. The molecule has 0 fully saturated rings. The second-order valence-electron chi connectivity index (χ2n) is 3.22. The van der Waals surface area contributed by atoms with E-state index in [1.165, 1.54) is 12.1 Å². The Kier molecular flexibility index (Phi) is 4.13. The van der Waals surface area contributed by atoms with Gasteiger partial charge in [-0.1, -0.05) is 0 Å². The maximum atomic E-state index is 12.7. The normalized spacial score (nSPS) is 9.94. The Hall–Kier alpha value is -1.37. The van der Waals surface area contributed by atoms with Crippen molar-refractivity contribution in [2.45, 2.75) is 0 Å². The predicted molar refractivity (Wildman–Crippen MR) is 64.3 cm³/mol. The van der Waals surface area contributed by atoms with Gasteiger partial charge >= 0.3 is 109 Å². The molecular weight excluding hydrogens is 335 g/mol. The van der Waals surface area contributed by atoms with Crippen LogP contribution in [0.2, 0.25) is 0 Å². The van der Waals surface area contributed by atoms with E-state index in [1.807, 2.05) is 6.07 Å². The average molecular weight is 344 g/mol. The molecule has 0 aliphatic heterocycles. The number of hydrogen-bond donors (Lipinski definition) is 0. The van der Waals surface area contributed by atoms with Crippen LogP contribution in [0.1, 0.15) is 0 Å². The second-order valence-corrected chi connectivity index (χ2v) is 6.10. The van der Waals surface area contributed by atoms with Crippen LogP contribution in [0.25, 0.3) is 0 Å². The number of carbonyl (C=O) groups excluding carboxylic acids is 1. The van der Waals surface area contributed by atoms with Crippen LogP contribution in [0.15, 0.2) is 54.6 Å². The topological polar surface area (TPSA) is 26.3 Å². The van der Waals surface area contributed by atoms with E-state index in [1.54, 1.807) is 36.4 Å². The van der Waals surface area contributed by atoms with Gasteiger partial charge in [0.25, 0.3) is 0 Å². The zero-order valence-corrected chi connectivity index (χ0v) is 11.1. The van der Waals surface area contributed by atoms with Crippen molar-refractivity contribution in [3.05, 3.63) is 60.4 Å². The average Bonchev–Trinajstić information content (AvgIpc) is 2.33. The minimum atomic E-state index is -1.09. The van der Waals surface area contributed by atoms with Crippen molar-refractivity contribution in [2.75, 3.05) is 0 Å². The Morgan fingerprint density at radius 1 is 1.00 bits per heavy atom. The minimum absolute atomic E-state index is 0.229. The van der Waals surface area contributed by atoms with Gasteiger partial charge in [-0.25, -0.2) is 0 Å². The first-order valence-corrected chi connectivity index (χ1v) is 7.27. The molecule has 0 unspecified atom stereocenters. The van der Waals surface area contributed by atoms with Crippen LogP contribution in [0.3, 0.4) is 0 Å². The van der Waals surface area contributed by atoms with Crippen LogP contribution in [0.5, 0.6) is 5.75 Å². The number of carbonyl (C=O) groups is 1. The summed E-state index contributed by atoms with van der Waals surface area (Å²) in [7, 11) is 0. The summed E-state index contributed by atoms with van der Waals surface area (Å²) in [6.45, 7) is 0. The summed E-state index contributed by atoms with van der Waals surface area (Å²) in [6.07, 6.45) is 0. The fourth-order valence-electron chi connectivity index (χ4n) is 1.20. The van der Waals surface area contributed by atoms with Gasteiger partial charge in [0.2, 0.25) is 0 Å². The Morgan fingerprint density at radius 3 is 2.29 bits per heavy atom. The molecule has 2 rings (SSSR count). The molecule has 0 aromatic heterocycles. The van der Waals surface area contributed by atoms with Gasteiger partial charge in [0, 0.05) is 0 Å². The first-order valence-electron chi connectivity index (χ1n) is 4.94. The molecule has 2 nitrogen and oxygen atoms in total. The molecule has 0 heterocycles. The van der Waals surface area contributed by atoms with Gasteiger partial charge in [0.15, 0.2) is 0 Å². The van der Waals surface area contributed by atoms with Crippen molar-refractivity contribution in [3.63, 3.8) is 0 Å². The summed E-state index contributed by atoms with van der Waals surface area (Å²) < 4.78 is 18.5. The van der Waals surface area contributed by atoms with E-state index < -0.39 is 20.9 Å². The third kappa shape index (κ3) is 3.85. The van der Waals surface area contributed by atoms with Gasteiger partial charge in [-0.15, -0.1) is 0 Å². The van der Waals surface area contributed by atoms with Crippen LogP contribution >= 0.6 is 0 Å². The van der Waals surface area contributed by atoms with Crippen molar-refractivity contribution in [1.82, 2.24) is 0 Å². The van der Waals surface area contributed by atoms with Gasteiger partial charge in [0.05, 0.1) is 0 Å². The monoisotopic (exact) mass is 346 g/mol. The zero-order valence-electron chi connectivity index (χ0n) is 8.80. The molecule has 0 N–H and O–H groups in total. The van der Waals surface area contributed by atoms with Crippen molar-refractivity contribution in [2.24, 2.45) is 0 Å². The molecule has 0 amide bonds. The van der Waals surface area contributed by atoms with Crippen LogP contribution in [0, 0.1) is 5.82 Å². The van der Waals surface area contributed by atoms with E-state index in [4.69, 9.17) is 4.74 Å². The number of para-hydroxylation sites is 1. The summed E-state index contributed by atoms with van der Waals surface area (Å²) in [4.78, 5) is 11.6. The van der Waals surface area contributed by atoms with E-state index in [2.05, 4.69) is 0 Å². The van der Waals surface area contributed by atoms with Crippen LogP contribution < -0.4 is 8.35 Å². The number of ether oxygens (including phenoxy) is 1. The van der Waals surface area contributed by atoms with E-state index in [-0.39, 0.29) is 9.83 Å². The summed E-state index contributed by atoms with van der Waals surface area (Å²) >= 11 is -1.09. The molecule has 86 valence electrons. The number of hydrogen-bond acceptors (Lipinski definition) is 2. The van der Waals surface area contributed by atoms with E-state index in [0.29, 0.717) is 5.75 Å². The van der Waals surface area contributed by atoms with Gasteiger partial charge < -0.3 is 0 Å². The Labute approximate surface area is 108 Å². The van der Waals surface area contributed by atoms with Gasteiger partial charge in [0.1, 0.15) is 0 Å². The Morgan fingerprint density at radius 2 is 1.65 bits per heavy atom. The summed E-state index contributed by atoms with van der Waals surface area (Å²) in [5.41, 5.74) is 0. The summed E-state index contributed by atoms with van der Waals surface area (Å²) in [6, 6.07) is 14.9. The zero-order chi connectivity index (χ0) is 12.1. The summed E-state index contributed by atoms with van der Waals surface area (Å²) in [5, 5.41) is 0. The van der Waals surface area contributed by atoms with E-state index >= 15 is 0 Å². The number of rotatable bonds is 3. The molecule has 0 spiro atoms. The fraction of sp³-hybridized carbons (Fsp3) is 0. The first kappa shape index (κ1) is 12.1. The molecule has 0 saturated heterocycles. The van der Waals surface area contributed by atoms with Gasteiger partial charge in [-0.2, -0.15) is 0 Å². The van der Waals surface area contributed by atoms with Crippen molar-refractivity contribution < 1.29 is 13.9 Å². The molecular formula is C13H9FO2Te. The molecule has 17 heavy (non-hydrogen) atoms. The molecule has 0 aliphatic carbocycles. The molecule has 2 aromatic rings. The third-order valence-corrected chi connectivity index (χ3v) is 4.12. The van der Waals surface area contributed by atoms with E-state index in [9.17, 15) is 9.18 Å². The molecule has 0 atom stereocenters. The van der Waals surface area contributed by atoms with Crippen LogP contribution in [-0.4, -0.2) is 24.9 Å². The van der Waals surface area contributed by atoms with Crippen LogP contribution in [0.4, 0.5) is 9.18 Å². The number of benzene rings is 2. The van der Waals surface area contributed by atoms with Gasteiger partial charge in [-0.3, -0.25) is 0 Å². The number of halogens is 1. The molecule has 2 aromatic carbocycles. The molecule has 0 aliphatic rings. The Balaban J connectivity index is 1.96. The maximum absolute atomic E-state index is 12.7. The van der Waals surface area contributed by atoms with Gasteiger partial charge in [-0.05, 0) is 0 Å². The third-order valence-electron chi connectivity index (χ3n) is 1.96. The van der Waals surface area contributed by atoms with Crippen LogP contribution in [-0.2, 0) is 0 Å². The summed E-state index contributed by atoms with van der Waals surface area (Å²) in [5.74, 6) is 0.252. The van der Waals surface area contributed by atoms with Crippen molar-refractivity contribution in [1.29, 1.82) is 0 Å². The van der Waals surface area contributed by atoms with Crippen molar-refractivity contribution in [3.8, 4) is 5.75 Å².